The Kier molecular flexibility index (Phi) is 11.9. The van der Waals surface area contributed by atoms with E-state index < -0.39 is 0 Å². The number of hydrogen-bond acceptors (Lipinski definition) is 4. The number of aryl methyl sites for hydroxylation is 2. The van der Waals surface area contributed by atoms with E-state index in [1.54, 1.807) is 14.2 Å². The molecular weight excluding hydrogens is 534 g/mol. The molecule has 0 radical (unpaired) electrons. The van der Waals surface area contributed by atoms with Crippen molar-refractivity contribution in [2.75, 3.05) is 21.0 Å². The van der Waals surface area contributed by atoms with Gasteiger partial charge in [0.15, 0.2) is 35.2 Å². The number of rotatable bonds is 19. The first-order chi connectivity index (χ1) is 21.2. The summed E-state index contributed by atoms with van der Waals surface area (Å²) >= 11 is 0. The highest BCUT2D eigenvalue weighted by atomic mass is 16.7. The third-order valence-electron chi connectivity index (χ3n) is 9.52. The molecule has 0 N–H and O–H groups in total. The average molecular weight is 589 g/mol. The molecule has 5 rings (SSSR count). The number of methoxy groups -OCH3 is 2. The Hall–Kier alpha value is -2.95. The Labute approximate surface area is 259 Å². The molecule has 234 valence electrons. The summed E-state index contributed by atoms with van der Waals surface area (Å²) in [5, 5.41) is 2.39. The molecule has 0 amide bonds. The van der Waals surface area contributed by atoms with Gasteiger partial charge in [-0.1, -0.05) is 103 Å². The van der Waals surface area contributed by atoms with Gasteiger partial charge in [-0.2, -0.15) is 4.57 Å². The fourth-order valence-electron chi connectivity index (χ4n) is 7.11. The van der Waals surface area contributed by atoms with Gasteiger partial charge in [-0.15, -0.1) is 0 Å². The van der Waals surface area contributed by atoms with Gasteiger partial charge in [0.1, 0.15) is 0 Å². The largest absolute Gasteiger partial charge is 0.493 e. The number of fused-ring (bicyclic) bond motifs is 5. The Morgan fingerprint density at radius 3 is 1.91 bits per heavy atom. The van der Waals surface area contributed by atoms with Crippen LogP contribution in [0.15, 0.2) is 30.3 Å². The number of unbranched alkanes of at least 4 members (excludes halogenated alkanes) is 15. The van der Waals surface area contributed by atoms with E-state index in [-0.39, 0.29) is 0 Å². The van der Waals surface area contributed by atoms with Crippen LogP contribution in [0.4, 0.5) is 0 Å². The van der Waals surface area contributed by atoms with Crippen molar-refractivity contribution >= 4 is 10.8 Å². The smallest absolute Gasteiger partial charge is 0.231 e. The molecule has 2 aromatic carbocycles. The normalized spacial score (nSPS) is 13.3. The zero-order valence-electron chi connectivity index (χ0n) is 27.1. The summed E-state index contributed by atoms with van der Waals surface area (Å²) in [6, 6.07) is 10.9. The predicted molar refractivity (Wildman–Crippen MR) is 176 cm³/mol. The Morgan fingerprint density at radius 1 is 0.698 bits per heavy atom. The van der Waals surface area contributed by atoms with Crippen molar-refractivity contribution in [3.05, 3.63) is 41.6 Å². The van der Waals surface area contributed by atoms with E-state index in [4.69, 9.17) is 18.9 Å². The molecule has 1 aromatic heterocycles. The molecule has 0 fully saturated rings. The van der Waals surface area contributed by atoms with Crippen molar-refractivity contribution < 1.29 is 23.5 Å². The standard InChI is InChI=1S/C38H54NO4/c1-4-5-6-7-8-9-10-11-12-13-14-15-16-17-18-19-20-32-37-30(21-22-34(40-2)38(37)41-3)25-33-31-27-36-35(42-28-43-36)26-29(31)23-24-39(32)33/h21-22,25-27H,4-20,23-24,28H2,1-3H3/q+1. The highest BCUT2D eigenvalue weighted by Crippen LogP contribution is 2.43. The molecule has 3 aromatic rings. The average Bonchev–Trinajstić information content (AvgIpc) is 3.50. The highest BCUT2D eigenvalue weighted by Gasteiger charge is 2.32. The lowest BCUT2D eigenvalue weighted by molar-refractivity contribution is -0.693. The molecule has 0 atom stereocenters. The Bertz CT molecular complexity index is 1330. The third kappa shape index (κ3) is 7.77. The van der Waals surface area contributed by atoms with E-state index in [1.807, 2.05) is 6.07 Å². The Morgan fingerprint density at radius 2 is 1.30 bits per heavy atom. The maximum Gasteiger partial charge on any atom is 0.231 e. The SMILES string of the molecule is CCCCCCCCCCCCCCCCCCc1c2c(OC)c(OC)ccc2cc2[n+]1CCc1cc3c(cc1-2)OCO3. The van der Waals surface area contributed by atoms with Gasteiger partial charge < -0.3 is 18.9 Å². The lowest BCUT2D eigenvalue weighted by atomic mass is 9.92. The number of ether oxygens (including phenoxy) is 4. The van der Waals surface area contributed by atoms with Crippen molar-refractivity contribution in [3.8, 4) is 34.3 Å². The number of nitrogens with zero attached hydrogens (tertiary/aromatic N) is 1. The van der Waals surface area contributed by atoms with Gasteiger partial charge in [0.25, 0.3) is 0 Å². The van der Waals surface area contributed by atoms with Crippen LogP contribution in [0.2, 0.25) is 0 Å². The second-order valence-electron chi connectivity index (χ2n) is 12.6. The monoisotopic (exact) mass is 588 g/mol. The van der Waals surface area contributed by atoms with Gasteiger partial charge in [0, 0.05) is 18.9 Å². The zero-order chi connectivity index (χ0) is 29.9. The summed E-state index contributed by atoms with van der Waals surface area (Å²) in [5.74, 6) is 3.35. The molecule has 43 heavy (non-hydrogen) atoms. The minimum Gasteiger partial charge on any atom is -0.493 e. The predicted octanol–water partition coefficient (Wildman–Crippen LogP) is 9.90. The van der Waals surface area contributed by atoms with Crippen LogP contribution in [-0.4, -0.2) is 21.0 Å². The van der Waals surface area contributed by atoms with Crippen LogP contribution in [0, 0.1) is 0 Å². The van der Waals surface area contributed by atoms with Crippen LogP contribution < -0.4 is 23.5 Å². The quantitative estimate of drug-likeness (QED) is 0.103. The summed E-state index contributed by atoms with van der Waals surface area (Å²) in [4.78, 5) is 0. The van der Waals surface area contributed by atoms with E-state index in [0.717, 1.165) is 42.4 Å². The van der Waals surface area contributed by atoms with E-state index in [0.29, 0.717) is 6.79 Å². The summed E-state index contributed by atoms with van der Waals surface area (Å²) in [7, 11) is 3.49. The Balaban J connectivity index is 1.16. The van der Waals surface area contributed by atoms with Gasteiger partial charge in [0.2, 0.25) is 12.5 Å². The summed E-state index contributed by atoms with van der Waals surface area (Å²) in [5.41, 5.74) is 5.19. The van der Waals surface area contributed by atoms with E-state index in [2.05, 4.69) is 35.8 Å². The minimum absolute atomic E-state index is 0.303. The second-order valence-corrected chi connectivity index (χ2v) is 12.6. The van der Waals surface area contributed by atoms with Crippen LogP contribution in [0.1, 0.15) is 121 Å². The molecule has 2 aliphatic rings. The van der Waals surface area contributed by atoms with Crippen LogP contribution in [0.5, 0.6) is 23.0 Å². The maximum atomic E-state index is 5.97. The summed E-state index contributed by atoms with van der Waals surface area (Å²) in [6.45, 7) is 3.55. The molecule has 0 saturated carbocycles. The fourth-order valence-corrected chi connectivity index (χ4v) is 7.11. The highest BCUT2D eigenvalue weighted by molar-refractivity contribution is 5.94. The number of benzene rings is 2. The van der Waals surface area contributed by atoms with Crippen molar-refractivity contribution in [1.29, 1.82) is 0 Å². The lowest BCUT2D eigenvalue weighted by Gasteiger charge is -2.20. The van der Waals surface area contributed by atoms with E-state index in [1.165, 1.54) is 136 Å². The van der Waals surface area contributed by atoms with Gasteiger partial charge in [-0.25, -0.2) is 0 Å². The first-order valence-electron chi connectivity index (χ1n) is 17.3. The van der Waals surface area contributed by atoms with Crippen molar-refractivity contribution in [3.63, 3.8) is 0 Å². The number of aromatic nitrogens is 1. The first kappa shape index (κ1) is 31.5. The number of pyridine rings is 1. The lowest BCUT2D eigenvalue weighted by Crippen LogP contribution is -2.44. The molecule has 2 aliphatic heterocycles. The van der Waals surface area contributed by atoms with Crippen LogP contribution >= 0.6 is 0 Å². The van der Waals surface area contributed by atoms with Crippen molar-refractivity contribution in [2.45, 2.75) is 129 Å². The van der Waals surface area contributed by atoms with Crippen LogP contribution in [0.25, 0.3) is 22.0 Å². The topological polar surface area (TPSA) is 40.8 Å². The molecule has 0 saturated heterocycles. The molecule has 0 unspecified atom stereocenters. The van der Waals surface area contributed by atoms with Gasteiger partial charge in [-0.3, -0.25) is 0 Å². The summed E-state index contributed by atoms with van der Waals surface area (Å²) in [6.07, 6.45) is 24.2. The maximum absolute atomic E-state index is 5.97. The molecule has 0 spiro atoms. The van der Waals surface area contributed by atoms with E-state index in [9.17, 15) is 0 Å². The first-order valence-corrected chi connectivity index (χ1v) is 17.3. The number of hydrogen-bond donors (Lipinski definition) is 0. The van der Waals surface area contributed by atoms with Crippen molar-refractivity contribution in [2.24, 2.45) is 0 Å². The molecule has 5 heteroatoms. The van der Waals surface area contributed by atoms with Gasteiger partial charge in [-0.05, 0) is 41.6 Å². The fraction of sp³-hybridized carbons (Fsp3) is 0.605. The van der Waals surface area contributed by atoms with Crippen LogP contribution in [0.3, 0.4) is 0 Å². The third-order valence-corrected chi connectivity index (χ3v) is 9.52. The molecule has 3 heterocycles. The zero-order valence-corrected chi connectivity index (χ0v) is 27.1. The molecule has 5 nitrogen and oxygen atoms in total. The molecule has 0 bridgehead atoms. The van der Waals surface area contributed by atoms with Gasteiger partial charge >= 0.3 is 0 Å². The molecular formula is C38H54NO4+. The van der Waals surface area contributed by atoms with Crippen molar-refractivity contribution in [1.82, 2.24) is 0 Å². The van der Waals surface area contributed by atoms with Gasteiger partial charge in [0.05, 0.1) is 25.2 Å². The minimum atomic E-state index is 0.303. The second kappa shape index (κ2) is 16.2. The van der Waals surface area contributed by atoms with Crippen LogP contribution in [-0.2, 0) is 19.4 Å². The summed E-state index contributed by atoms with van der Waals surface area (Å²) < 4.78 is 25.7. The molecule has 0 aliphatic carbocycles. The van der Waals surface area contributed by atoms with E-state index >= 15 is 0 Å².